The molecule has 0 spiro atoms. The van der Waals surface area contributed by atoms with Gasteiger partial charge >= 0.3 is 5.97 Å². The summed E-state index contributed by atoms with van der Waals surface area (Å²) < 4.78 is 7.83. The second kappa shape index (κ2) is 10.9. The van der Waals surface area contributed by atoms with Gasteiger partial charge < -0.3 is 9.64 Å². The first-order valence-electron chi connectivity index (χ1n) is 17.1. The number of fused-ring (bicyclic) bond motifs is 9. The lowest BCUT2D eigenvalue weighted by Gasteiger charge is -2.33. The van der Waals surface area contributed by atoms with Crippen LogP contribution in [0.4, 0.5) is 11.4 Å². The lowest BCUT2D eigenvalue weighted by atomic mass is 9.75. The number of nitrogens with zero attached hydrogens (tertiary/aromatic N) is 2. The largest absolute Gasteiger partial charge is 0.465 e. The molecule has 0 N–H and O–H groups in total. The summed E-state index contributed by atoms with van der Waals surface area (Å²) in [5.41, 5.74) is 11.0. The van der Waals surface area contributed by atoms with Crippen LogP contribution in [0, 0.1) is 0 Å². The van der Waals surface area contributed by atoms with Gasteiger partial charge in [0.15, 0.2) is 5.71 Å². The van der Waals surface area contributed by atoms with E-state index in [-0.39, 0.29) is 16.8 Å². The topological polar surface area (TPSA) is 32.6 Å². The van der Waals surface area contributed by atoms with Gasteiger partial charge in [-0.25, -0.2) is 4.79 Å². The smallest absolute Gasteiger partial charge is 0.337 e. The fourth-order valence-electron chi connectivity index (χ4n) is 9.16. The van der Waals surface area contributed by atoms with Crippen LogP contribution in [0.3, 0.4) is 0 Å². The SMILES string of the molecule is COC(=O)C(=C\C=C1/CCC[N+]2=C1C(C)(C)c1c2ccc2ccccc12)/C=C/C1=C2N(CCC1)c1ccc3ccccc3c1C2(C)C. The highest BCUT2D eigenvalue weighted by atomic mass is 16.5. The summed E-state index contributed by atoms with van der Waals surface area (Å²) in [6.07, 6.45) is 12.5. The third kappa shape index (κ3) is 4.48. The molecule has 4 aromatic rings. The third-order valence-corrected chi connectivity index (χ3v) is 11.0. The van der Waals surface area contributed by atoms with Crippen LogP contribution >= 0.6 is 0 Å². The molecule has 0 unspecified atom stereocenters. The molecular formula is C43H43N2O2+. The molecule has 0 radical (unpaired) electrons. The maximum Gasteiger partial charge on any atom is 0.337 e. The van der Waals surface area contributed by atoms with Gasteiger partial charge in [0, 0.05) is 47.0 Å². The van der Waals surface area contributed by atoms with Crippen molar-refractivity contribution >= 4 is 44.6 Å². The van der Waals surface area contributed by atoms with E-state index in [1.165, 1.54) is 73.7 Å². The number of allylic oxidation sites excluding steroid dienone is 6. The van der Waals surface area contributed by atoms with E-state index in [9.17, 15) is 4.79 Å². The molecule has 4 aliphatic heterocycles. The van der Waals surface area contributed by atoms with Gasteiger partial charge in [-0.15, -0.1) is 0 Å². The number of methoxy groups -OCH3 is 1. The van der Waals surface area contributed by atoms with E-state index in [1.54, 1.807) is 0 Å². The van der Waals surface area contributed by atoms with Crippen LogP contribution in [0.2, 0.25) is 0 Å². The van der Waals surface area contributed by atoms with Crippen molar-refractivity contribution in [3.8, 4) is 0 Å². The Morgan fingerprint density at radius 1 is 0.830 bits per heavy atom. The first kappa shape index (κ1) is 29.7. The Labute approximate surface area is 278 Å². The van der Waals surface area contributed by atoms with Gasteiger partial charge in [-0.3, -0.25) is 0 Å². The van der Waals surface area contributed by atoms with Crippen LogP contribution in [0.1, 0.15) is 64.5 Å². The summed E-state index contributed by atoms with van der Waals surface area (Å²) in [4.78, 5) is 15.7. The van der Waals surface area contributed by atoms with Crippen LogP contribution in [-0.2, 0) is 20.4 Å². The van der Waals surface area contributed by atoms with Crippen molar-refractivity contribution in [3.05, 3.63) is 131 Å². The summed E-state index contributed by atoms with van der Waals surface area (Å²) >= 11 is 0. The molecule has 4 aromatic carbocycles. The number of carbonyl (C=O) groups excluding carboxylic acids is 1. The Morgan fingerprint density at radius 2 is 1.53 bits per heavy atom. The van der Waals surface area contributed by atoms with Crippen LogP contribution in [0.5, 0.6) is 0 Å². The summed E-state index contributed by atoms with van der Waals surface area (Å²) in [7, 11) is 1.47. The first-order chi connectivity index (χ1) is 22.7. The molecule has 0 aliphatic carbocycles. The molecule has 0 bridgehead atoms. The number of hydrogen-bond donors (Lipinski definition) is 0. The summed E-state index contributed by atoms with van der Waals surface area (Å²) in [5, 5.41) is 5.21. The molecule has 4 heteroatoms. The lowest BCUT2D eigenvalue weighted by molar-refractivity contribution is -0.441. The average molecular weight is 620 g/mol. The van der Waals surface area contributed by atoms with Crippen molar-refractivity contribution in [2.45, 2.75) is 64.2 Å². The zero-order valence-corrected chi connectivity index (χ0v) is 28.2. The standard InChI is InChI=1S/C43H43N2O2/c1-42(2)37-33-16-8-6-12-28(33)22-24-35(37)44-26-10-14-30(39(42)44)18-20-32(41(46)47-5)21-19-31-15-11-27-45-36-25-23-29-13-7-9-17-34(29)38(36)43(3,4)40(31)45/h6-9,12-13,16-25H,10-11,14-15,26-27H2,1-5H3/q+1. The van der Waals surface area contributed by atoms with Gasteiger partial charge in [0.25, 0.3) is 0 Å². The Balaban J connectivity index is 1.19. The van der Waals surface area contributed by atoms with Crippen molar-refractivity contribution in [3.63, 3.8) is 0 Å². The third-order valence-electron chi connectivity index (χ3n) is 11.0. The molecule has 0 saturated carbocycles. The minimum absolute atomic E-state index is 0.150. The number of ether oxygens (including phenoxy) is 1. The van der Waals surface area contributed by atoms with Crippen molar-refractivity contribution in [2.75, 3.05) is 25.1 Å². The molecule has 47 heavy (non-hydrogen) atoms. The lowest BCUT2D eigenvalue weighted by Crippen LogP contribution is -2.34. The van der Waals surface area contributed by atoms with E-state index < -0.39 is 0 Å². The molecule has 4 nitrogen and oxygen atoms in total. The van der Waals surface area contributed by atoms with Crippen molar-refractivity contribution in [1.82, 2.24) is 0 Å². The second-order valence-corrected chi connectivity index (χ2v) is 14.5. The molecule has 0 aromatic heterocycles. The van der Waals surface area contributed by atoms with Crippen LogP contribution in [-0.4, -0.2) is 36.5 Å². The Hall–Kier alpha value is -4.70. The number of benzene rings is 4. The van der Waals surface area contributed by atoms with Gasteiger partial charge in [0.1, 0.15) is 6.54 Å². The van der Waals surface area contributed by atoms with E-state index in [0.29, 0.717) is 5.57 Å². The number of anilines is 1. The number of carbonyl (C=O) groups is 1. The molecule has 4 aliphatic rings. The van der Waals surface area contributed by atoms with E-state index in [4.69, 9.17) is 4.74 Å². The predicted octanol–water partition coefficient (Wildman–Crippen LogP) is 9.59. The molecule has 0 saturated heterocycles. The Bertz CT molecular complexity index is 2150. The van der Waals surface area contributed by atoms with Gasteiger partial charge in [0.2, 0.25) is 5.69 Å². The predicted molar refractivity (Wildman–Crippen MR) is 194 cm³/mol. The molecule has 0 amide bonds. The summed E-state index contributed by atoms with van der Waals surface area (Å²) in [6, 6.07) is 26.5. The maximum absolute atomic E-state index is 13.2. The fraction of sp³-hybridized carbons (Fsp3) is 0.302. The zero-order valence-electron chi connectivity index (χ0n) is 28.2. The van der Waals surface area contributed by atoms with Gasteiger partial charge in [0.05, 0.1) is 18.1 Å². The van der Waals surface area contributed by atoms with Gasteiger partial charge in [-0.2, -0.15) is 4.58 Å². The number of hydrogen-bond acceptors (Lipinski definition) is 3. The van der Waals surface area contributed by atoms with Gasteiger partial charge in [-0.05, 0) is 90.1 Å². The molecule has 4 heterocycles. The normalized spacial score (nSPS) is 20.7. The highest BCUT2D eigenvalue weighted by molar-refractivity contribution is 6.11. The quantitative estimate of drug-likeness (QED) is 0.0987. The second-order valence-electron chi connectivity index (χ2n) is 14.5. The Kier molecular flexibility index (Phi) is 6.91. The summed E-state index contributed by atoms with van der Waals surface area (Å²) in [6.45, 7) is 11.4. The Morgan fingerprint density at radius 3 is 2.28 bits per heavy atom. The number of rotatable bonds is 4. The van der Waals surface area contributed by atoms with E-state index in [1.807, 2.05) is 12.2 Å². The van der Waals surface area contributed by atoms with Gasteiger partial charge in [-0.1, -0.05) is 80.6 Å². The number of esters is 1. The van der Waals surface area contributed by atoms with Crippen molar-refractivity contribution < 1.29 is 14.1 Å². The molecule has 0 fully saturated rings. The van der Waals surface area contributed by atoms with E-state index in [0.717, 1.165) is 38.8 Å². The van der Waals surface area contributed by atoms with Crippen LogP contribution < -0.4 is 4.90 Å². The van der Waals surface area contributed by atoms with Crippen LogP contribution in [0.25, 0.3) is 21.5 Å². The monoisotopic (exact) mass is 619 g/mol. The highest BCUT2D eigenvalue weighted by Gasteiger charge is 2.49. The van der Waals surface area contributed by atoms with Crippen molar-refractivity contribution in [2.24, 2.45) is 0 Å². The minimum atomic E-state index is -0.311. The molecule has 236 valence electrons. The van der Waals surface area contributed by atoms with E-state index >= 15 is 0 Å². The summed E-state index contributed by atoms with van der Waals surface area (Å²) in [5.74, 6) is -0.311. The zero-order chi connectivity index (χ0) is 32.5. The van der Waals surface area contributed by atoms with Crippen LogP contribution in [0.15, 0.2) is 120 Å². The maximum atomic E-state index is 13.2. The first-order valence-corrected chi connectivity index (χ1v) is 17.1. The van der Waals surface area contributed by atoms with Crippen molar-refractivity contribution in [1.29, 1.82) is 0 Å². The molecule has 0 atom stereocenters. The average Bonchev–Trinajstić information content (AvgIpc) is 3.48. The fourth-order valence-corrected chi connectivity index (χ4v) is 9.16. The highest BCUT2D eigenvalue weighted by Crippen LogP contribution is 2.53. The molecular weight excluding hydrogens is 576 g/mol. The van der Waals surface area contributed by atoms with E-state index in [2.05, 4.69) is 122 Å². The minimum Gasteiger partial charge on any atom is -0.465 e. The molecule has 8 rings (SSSR count).